The molecular formula is C17H18ClFN2O3S. The van der Waals surface area contributed by atoms with E-state index in [1.807, 2.05) is 0 Å². The second-order valence-electron chi connectivity index (χ2n) is 5.47. The van der Waals surface area contributed by atoms with Gasteiger partial charge in [0.2, 0.25) is 15.9 Å². The summed E-state index contributed by atoms with van der Waals surface area (Å²) in [4.78, 5) is 12.0. The number of sulfonamides is 1. The SMILES string of the molecule is CS(=O)(=O)N(CCCC(=O)Nc1cccc(Cl)c1)c1ccc(F)cc1. The van der Waals surface area contributed by atoms with Gasteiger partial charge in [0.1, 0.15) is 5.82 Å². The number of carbonyl (C=O) groups is 1. The first-order valence-electron chi connectivity index (χ1n) is 7.54. The summed E-state index contributed by atoms with van der Waals surface area (Å²) in [6.45, 7) is 0.118. The number of anilines is 2. The van der Waals surface area contributed by atoms with Gasteiger partial charge in [-0.2, -0.15) is 0 Å². The fourth-order valence-electron chi connectivity index (χ4n) is 2.27. The highest BCUT2D eigenvalue weighted by molar-refractivity contribution is 7.92. The van der Waals surface area contributed by atoms with Crippen molar-refractivity contribution in [3.8, 4) is 0 Å². The summed E-state index contributed by atoms with van der Waals surface area (Å²) in [7, 11) is -3.53. The zero-order valence-corrected chi connectivity index (χ0v) is 15.1. The molecule has 0 atom stereocenters. The average molecular weight is 385 g/mol. The average Bonchev–Trinajstić information content (AvgIpc) is 2.51. The van der Waals surface area contributed by atoms with Crippen molar-refractivity contribution in [3.63, 3.8) is 0 Å². The highest BCUT2D eigenvalue weighted by Crippen LogP contribution is 2.19. The minimum absolute atomic E-state index is 0.118. The summed E-state index contributed by atoms with van der Waals surface area (Å²) in [5.41, 5.74) is 0.940. The molecule has 0 saturated carbocycles. The van der Waals surface area contributed by atoms with Crippen LogP contribution in [0.2, 0.25) is 5.02 Å². The van der Waals surface area contributed by atoms with Crippen LogP contribution in [0.3, 0.4) is 0 Å². The number of amides is 1. The van der Waals surface area contributed by atoms with Gasteiger partial charge in [-0.25, -0.2) is 12.8 Å². The van der Waals surface area contributed by atoms with Gasteiger partial charge in [0, 0.05) is 23.7 Å². The summed E-state index contributed by atoms with van der Waals surface area (Å²) >= 11 is 5.85. The third-order valence-corrected chi connectivity index (χ3v) is 4.82. The van der Waals surface area contributed by atoms with Crippen LogP contribution in [-0.2, 0) is 14.8 Å². The molecule has 0 fully saturated rings. The molecule has 25 heavy (non-hydrogen) atoms. The zero-order chi connectivity index (χ0) is 18.4. The van der Waals surface area contributed by atoms with Crippen molar-refractivity contribution in [1.29, 1.82) is 0 Å². The predicted molar refractivity (Wildman–Crippen MR) is 97.9 cm³/mol. The second kappa shape index (κ2) is 8.31. The van der Waals surface area contributed by atoms with E-state index in [9.17, 15) is 17.6 Å². The van der Waals surface area contributed by atoms with Crippen LogP contribution in [0.25, 0.3) is 0 Å². The van der Waals surface area contributed by atoms with Gasteiger partial charge in [-0.05, 0) is 48.9 Å². The third-order valence-electron chi connectivity index (χ3n) is 3.39. The largest absolute Gasteiger partial charge is 0.326 e. The summed E-state index contributed by atoms with van der Waals surface area (Å²) in [5, 5.41) is 3.21. The van der Waals surface area contributed by atoms with Crippen LogP contribution in [0.5, 0.6) is 0 Å². The van der Waals surface area contributed by atoms with Crippen molar-refractivity contribution in [2.24, 2.45) is 0 Å². The Morgan fingerprint density at radius 3 is 2.48 bits per heavy atom. The molecule has 0 heterocycles. The first-order valence-corrected chi connectivity index (χ1v) is 9.77. The van der Waals surface area contributed by atoms with Crippen molar-refractivity contribution in [3.05, 3.63) is 59.4 Å². The van der Waals surface area contributed by atoms with Crippen LogP contribution >= 0.6 is 11.6 Å². The normalized spacial score (nSPS) is 11.2. The number of nitrogens with one attached hydrogen (secondary N) is 1. The number of rotatable bonds is 7. The molecule has 0 aromatic heterocycles. The third kappa shape index (κ3) is 6.03. The molecular weight excluding hydrogens is 367 g/mol. The lowest BCUT2D eigenvalue weighted by Crippen LogP contribution is -2.31. The van der Waals surface area contributed by atoms with Crippen molar-refractivity contribution in [2.45, 2.75) is 12.8 Å². The first-order chi connectivity index (χ1) is 11.8. The number of benzene rings is 2. The molecule has 0 aliphatic heterocycles. The maximum absolute atomic E-state index is 13.0. The maximum atomic E-state index is 13.0. The lowest BCUT2D eigenvalue weighted by molar-refractivity contribution is -0.116. The van der Waals surface area contributed by atoms with Gasteiger partial charge in [-0.15, -0.1) is 0 Å². The van der Waals surface area contributed by atoms with Gasteiger partial charge >= 0.3 is 0 Å². The van der Waals surface area contributed by atoms with E-state index in [1.54, 1.807) is 24.3 Å². The molecule has 1 N–H and O–H groups in total. The molecule has 0 saturated heterocycles. The van der Waals surface area contributed by atoms with E-state index in [2.05, 4.69) is 5.32 Å². The molecule has 1 amide bonds. The fourth-order valence-corrected chi connectivity index (χ4v) is 3.42. The molecule has 0 spiro atoms. The Bertz CT molecular complexity index is 841. The number of hydrogen-bond acceptors (Lipinski definition) is 3. The summed E-state index contributed by atoms with van der Waals surface area (Å²) < 4.78 is 38.0. The number of nitrogens with zero attached hydrogens (tertiary/aromatic N) is 1. The minimum Gasteiger partial charge on any atom is -0.326 e. The van der Waals surface area contributed by atoms with Crippen LogP contribution in [-0.4, -0.2) is 27.1 Å². The smallest absolute Gasteiger partial charge is 0.232 e. The van der Waals surface area contributed by atoms with Crippen LogP contribution in [0, 0.1) is 5.82 Å². The monoisotopic (exact) mass is 384 g/mol. The summed E-state index contributed by atoms with van der Waals surface area (Å²) in [5.74, 6) is -0.687. The Kier molecular flexibility index (Phi) is 6.39. The van der Waals surface area contributed by atoms with E-state index in [0.29, 0.717) is 22.8 Å². The van der Waals surface area contributed by atoms with Crippen LogP contribution in [0.1, 0.15) is 12.8 Å². The molecule has 2 rings (SSSR count). The van der Waals surface area contributed by atoms with Gasteiger partial charge in [0.25, 0.3) is 0 Å². The Labute approximate surface area is 151 Å². The fraction of sp³-hybridized carbons (Fsp3) is 0.235. The second-order valence-corrected chi connectivity index (χ2v) is 7.82. The maximum Gasteiger partial charge on any atom is 0.232 e. The molecule has 134 valence electrons. The Balaban J connectivity index is 1.95. The van der Waals surface area contributed by atoms with Crippen LogP contribution in [0.15, 0.2) is 48.5 Å². The Morgan fingerprint density at radius 2 is 1.88 bits per heavy atom. The summed E-state index contributed by atoms with van der Waals surface area (Å²) in [6, 6.07) is 11.9. The van der Waals surface area contributed by atoms with Crippen molar-refractivity contribution < 1.29 is 17.6 Å². The lowest BCUT2D eigenvalue weighted by atomic mass is 10.2. The minimum atomic E-state index is -3.53. The van der Waals surface area contributed by atoms with E-state index >= 15 is 0 Å². The van der Waals surface area contributed by atoms with Crippen LogP contribution in [0.4, 0.5) is 15.8 Å². The first kappa shape index (κ1) is 19.2. The van der Waals surface area contributed by atoms with Crippen LogP contribution < -0.4 is 9.62 Å². The highest BCUT2D eigenvalue weighted by atomic mass is 35.5. The number of carbonyl (C=O) groups excluding carboxylic acids is 1. The summed E-state index contributed by atoms with van der Waals surface area (Å²) in [6.07, 6.45) is 1.53. The van der Waals surface area contributed by atoms with Gasteiger partial charge in [0.05, 0.1) is 11.9 Å². The van der Waals surface area contributed by atoms with E-state index in [1.165, 1.54) is 24.3 Å². The van der Waals surface area contributed by atoms with Crippen molar-refractivity contribution in [1.82, 2.24) is 0 Å². The standard InChI is InChI=1S/C17H18ClFN2O3S/c1-25(23,24)21(16-9-7-14(19)8-10-16)11-3-6-17(22)20-15-5-2-4-13(18)12-15/h2,4-5,7-10,12H,3,6,11H2,1H3,(H,20,22). The Morgan fingerprint density at radius 1 is 1.20 bits per heavy atom. The molecule has 8 heteroatoms. The van der Waals surface area contributed by atoms with Crippen molar-refractivity contribution in [2.75, 3.05) is 22.4 Å². The zero-order valence-electron chi connectivity index (χ0n) is 13.6. The van der Waals surface area contributed by atoms with Gasteiger partial charge in [-0.3, -0.25) is 9.10 Å². The molecule has 2 aromatic carbocycles. The number of halogens is 2. The van der Waals surface area contributed by atoms with Gasteiger partial charge in [-0.1, -0.05) is 17.7 Å². The highest BCUT2D eigenvalue weighted by Gasteiger charge is 2.17. The molecule has 0 bridgehead atoms. The van der Waals surface area contributed by atoms with Gasteiger partial charge in [0.15, 0.2) is 0 Å². The van der Waals surface area contributed by atoms with E-state index in [4.69, 9.17) is 11.6 Å². The predicted octanol–water partition coefficient (Wildman–Crippen LogP) is 3.66. The molecule has 5 nitrogen and oxygen atoms in total. The number of hydrogen-bond donors (Lipinski definition) is 1. The van der Waals surface area contributed by atoms with E-state index in [-0.39, 0.29) is 18.9 Å². The van der Waals surface area contributed by atoms with E-state index in [0.717, 1.165) is 10.6 Å². The topological polar surface area (TPSA) is 66.5 Å². The van der Waals surface area contributed by atoms with Gasteiger partial charge < -0.3 is 5.32 Å². The Hall–Kier alpha value is -2.12. The molecule has 0 aliphatic rings. The quantitative estimate of drug-likeness (QED) is 0.792. The molecule has 0 radical (unpaired) electrons. The lowest BCUT2D eigenvalue weighted by Gasteiger charge is -2.22. The molecule has 0 unspecified atom stereocenters. The molecule has 2 aromatic rings. The van der Waals surface area contributed by atoms with E-state index < -0.39 is 15.8 Å². The molecule has 0 aliphatic carbocycles. The van der Waals surface area contributed by atoms with Crippen molar-refractivity contribution >= 4 is 38.9 Å².